The van der Waals surface area contributed by atoms with Gasteiger partial charge < -0.3 is 10.4 Å². The van der Waals surface area contributed by atoms with Crippen LogP contribution < -0.4 is 5.32 Å². The van der Waals surface area contributed by atoms with Crippen molar-refractivity contribution in [3.8, 4) is 0 Å². The van der Waals surface area contributed by atoms with E-state index in [1.165, 1.54) is 6.92 Å². The summed E-state index contributed by atoms with van der Waals surface area (Å²) in [5.41, 5.74) is -0.0348. The Labute approximate surface area is 124 Å². The third-order valence-electron chi connectivity index (χ3n) is 3.42. The summed E-state index contributed by atoms with van der Waals surface area (Å²) in [5, 5.41) is 10.5. The number of carbonyl (C=O) groups excluding carboxylic acids is 1. The number of rotatable bonds is 5. The summed E-state index contributed by atoms with van der Waals surface area (Å²) in [6.45, 7) is 4.47. The molecule has 116 valence electrons. The lowest BCUT2D eigenvalue weighted by molar-refractivity contribution is -0.142. The second-order valence-corrected chi connectivity index (χ2v) is 7.83. The Bertz CT molecular complexity index is 646. The molecule has 0 aliphatic carbocycles. The van der Waals surface area contributed by atoms with E-state index in [0.29, 0.717) is 11.3 Å². The number of aliphatic carboxylic acids is 1. The largest absolute Gasteiger partial charge is 0.481 e. The van der Waals surface area contributed by atoms with Gasteiger partial charge in [0.2, 0.25) is 5.91 Å². The number of nitrogens with one attached hydrogen (secondary N) is 1. The van der Waals surface area contributed by atoms with Crippen LogP contribution in [0.5, 0.6) is 0 Å². The van der Waals surface area contributed by atoms with Crippen molar-refractivity contribution in [1.82, 2.24) is 0 Å². The van der Waals surface area contributed by atoms with Gasteiger partial charge in [0, 0.05) is 11.9 Å². The Balaban J connectivity index is 2.90. The normalized spacial score (nSPS) is 13.5. The van der Waals surface area contributed by atoms with Gasteiger partial charge in [0.25, 0.3) is 0 Å². The molecular formula is C14H19NO5S. The molecule has 7 heteroatoms. The highest BCUT2D eigenvalue weighted by molar-refractivity contribution is 7.92. The zero-order valence-electron chi connectivity index (χ0n) is 12.4. The number of carbonyl (C=O) groups is 2. The molecule has 0 bridgehead atoms. The summed E-state index contributed by atoms with van der Waals surface area (Å²) in [5.74, 6) is -1.58. The lowest BCUT2D eigenvalue weighted by atomic mass is 9.85. The fourth-order valence-corrected chi connectivity index (χ4v) is 1.98. The first-order valence-electron chi connectivity index (χ1n) is 6.30. The summed E-state index contributed by atoms with van der Waals surface area (Å²) >= 11 is 0. The van der Waals surface area contributed by atoms with Gasteiger partial charge in [0.15, 0.2) is 9.84 Å². The van der Waals surface area contributed by atoms with Gasteiger partial charge >= 0.3 is 5.97 Å². The molecule has 0 aliphatic rings. The van der Waals surface area contributed by atoms with Crippen molar-refractivity contribution in [2.24, 2.45) is 0 Å². The molecule has 1 rings (SSSR count). The van der Waals surface area contributed by atoms with Crippen LogP contribution in [0.4, 0.5) is 5.69 Å². The van der Waals surface area contributed by atoms with Gasteiger partial charge in [-0.15, -0.1) is 0 Å². The fraction of sp³-hybridized carbons (Fsp3) is 0.429. The molecule has 2 N–H and O–H groups in total. The fourth-order valence-electron chi connectivity index (χ4n) is 1.53. The lowest BCUT2D eigenvalue weighted by Crippen LogP contribution is -2.32. The number of anilines is 1. The van der Waals surface area contributed by atoms with Crippen molar-refractivity contribution < 1.29 is 23.1 Å². The molecule has 21 heavy (non-hydrogen) atoms. The predicted molar refractivity (Wildman–Crippen MR) is 80.0 cm³/mol. The average molecular weight is 313 g/mol. The molecular weight excluding hydrogens is 294 g/mol. The van der Waals surface area contributed by atoms with Crippen molar-refractivity contribution in [2.45, 2.75) is 31.4 Å². The topological polar surface area (TPSA) is 101 Å². The molecule has 0 radical (unpaired) electrons. The molecule has 1 amide bonds. The van der Waals surface area contributed by atoms with Crippen LogP contribution in [0.2, 0.25) is 0 Å². The van der Waals surface area contributed by atoms with E-state index in [1.807, 2.05) is 0 Å². The SMILES string of the molecule is CC(C(=O)Nc1ccc(C(C)(C)C(=O)O)cc1)S(C)(=O)=O. The van der Waals surface area contributed by atoms with E-state index < -0.39 is 32.4 Å². The van der Waals surface area contributed by atoms with Crippen LogP contribution >= 0.6 is 0 Å². The third-order valence-corrected chi connectivity index (χ3v) is 4.92. The van der Waals surface area contributed by atoms with Crippen LogP contribution in [0.15, 0.2) is 24.3 Å². The lowest BCUT2D eigenvalue weighted by Gasteiger charge is -2.20. The average Bonchev–Trinajstić information content (AvgIpc) is 2.37. The van der Waals surface area contributed by atoms with Crippen molar-refractivity contribution in [2.75, 3.05) is 11.6 Å². The zero-order valence-corrected chi connectivity index (χ0v) is 13.2. The van der Waals surface area contributed by atoms with E-state index in [1.54, 1.807) is 38.1 Å². The number of benzene rings is 1. The maximum atomic E-state index is 11.8. The molecule has 6 nitrogen and oxygen atoms in total. The molecule has 1 aromatic rings. The molecule has 0 heterocycles. The van der Waals surface area contributed by atoms with Gasteiger partial charge in [-0.3, -0.25) is 9.59 Å². The van der Waals surface area contributed by atoms with Gasteiger partial charge in [0.1, 0.15) is 5.25 Å². The number of hydrogen-bond acceptors (Lipinski definition) is 4. The van der Waals surface area contributed by atoms with E-state index in [2.05, 4.69) is 5.32 Å². The van der Waals surface area contributed by atoms with Crippen LogP contribution in [-0.4, -0.2) is 36.9 Å². The minimum absolute atomic E-state index is 0.417. The molecule has 0 spiro atoms. The van der Waals surface area contributed by atoms with Crippen molar-refractivity contribution >= 4 is 27.4 Å². The van der Waals surface area contributed by atoms with Crippen LogP contribution in [0, 0.1) is 0 Å². The summed E-state index contributed by atoms with van der Waals surface area (Å²) in [6.07, 6.45) is 0.996. The van der Waals surface area contributed by atoms with E-state index >= 15 is 0 Å². The summed E-state index contributed by atoms with van der Waals surface area (Å²) in [6, 6.07) is 6.28. The Hall–Kier alpha value is -1.89. The van der Waals surface area contributed by atoms with Crippen LogP contribution in [-0.2, 0) is 24.8 Å². The molecule has 0 saturated heterocycles. The Morgan fingerprint density at radius 3 is 2.05 bits per heavy atom. The highest BCUT2D eigenvalue weighted by atomic mass is 32.2. The van der Waals surface area contributed by atoms with Crippen LogP contribution in [0.3, 0.4) is 0 Å². The maximum absolute atomic E-state index is 11.8. The predicted octanol–water partition coefficient (Wildman–Crippen LogP) is 1.42. The second kappa shape index (κ2) is 5.85. The van der Waals surface area contributed by atoms with E-state index in [4.69, 9.17) is 5.11 Å². The number of carboxylic acids is 1. The van der Waals surface area contributed by atoms with Gasteiger partial charge in [-0.05, 0) is 38.5 Å². The summed E-state index contributed by atoms with van der Waals surface area (Å²) in [7, 11) is -3.45. The highest BCUT2D eigenvalue weighted by Gasteiger charge is 2.29. The smallest absolute Gasteiger partial charge is 0.313 e. The quantitative estimate of drug-likeness (QED) is 0.856. The molecule has 1 aromatic carbocycles. The highest BCUT2D eigenvalue weighted by Crippen LogP contribution is 2.24. The zero-order chi connectivity index (χ0) is 16.4. The molecule has 0 aromatic heterocycles. The second-order valence-electron chi connectivity index (χ2n) is 5.47. The monoisotopic (exact) mass is 313 g/mol. The van der Waals surface area contributed by atoms with Gasteiger partial charge in [-0.25, -0.2) is 8.42 Å². The van der Waals surface area contributed by atoms with Crippen molar-refractivity contribution in [1.29, 1.82) is 0 Å². The van der Waals surface area contributed by atoms with Crippen LogP contribution in [0.25, 0.3) is 0 Å². The molecule has 0 fully saturated rings. The maximum Gasteiger partial charge on any atom is 0.313 e. The molecule has 0 saturated carbocycles. The number of sulfone groups is 1. The van der Waals surface area contributed by atoms with Gasteiger partial charge in [-0.1, -0.05) is 12.1 Å². The first-order chi connectivity index (χ1) is 9.46. The molecule has 0 aliphatic heterocycles. The Morgan fingerprint density at radius 2 is 1.67 bits per heavy atom. The minimum atomic E-state index is -3.45. The van der Waals surface area contributed by atoms with E-state index in [0.717, 1.165) is 6.26 Å². The molecule has 1 unspecified atom stereocenters. The minimum Gasteiger partial charge on any atom is -0.481 e. The van der Waals surface area contributed by atoms with E-state index in [-0.39, 0.29) is 0 Å². The summed E-state index contributed by atoms with van der Waals surface area (Å²) < 4.78 is 22.6. The van der Waals surface area contributed by atoms with Gasteiger partial charge in [-0.2, -0.15) is 0 Å². The standard InChI is InChI=1S/C14H19NO5S/c1-9(21(4,19)20)12(16)15-11-7-5-10(6-8-11)14(2,3)13(17)18/h5-9H,1-4H3,(H,15,16)(H,17,18). The first-order valence-corrected chi connectivity index (χ1v) is 8.25. The number of amides is 1. The number of carboxylic acid groups (broad SMARTS) is 1. The van der Waals surface area contributed by atoms with E-state index in [9.17, 15) is 18.0 Å². The Kier molecular flexibility index (Phi) is 4.78. The summed E-state index contributed by atoms with van der Waals surface area (Å²) in [4.78, 5) is 22.9. The van der Waals surface area contributed by atoms with Crippen LogP contribution in [0.1, 0.15) is 26.3 Å². The van der Waals surface area contributed by atoms with Crippen molar-refractivity contribution in [3.05, 3.63) is 29.8 Å². The Morgan fingerprint density at radius 1 is 1.19 bits per heavy atom. The molecule has 1 atom stereocenters. The number of hydrogen-bond donors (Lipinski definition) is 2. The van der Waals surface area contributed by atoms with Gasteiger partial charge in [0.05, 0.1) is 5.41 Å². The third kappa shape index (κ3) is 4.04. The first kappa shape index (κ1) is 17.2. The van der Waals surface area contributed by atoms with Crippen molar-refractivity contribution in [3.63, 3.8) is 0 Å².